The van der Waals surface area contributed by atoms with E-state index in [4.69, 9.17) is 0 Å². The van der Waals surface area contributed by atoms with Crippen LogP contribution in [0.2, 0.25) is 0 Å². The Morgan fingerprint density at radius 2 is 1.94 bits per heavy atom. The number of rotatable bonds is 7. The normalized spacial score (nSPS) is 16.5. The predicted octanol–water partition coefficient (Wildman–Crippen LogP) is 2.19. The molecule has 3 heterocycles. The van der Waals surface area contributed by atoms with Gasteiger partial charge in [-0.1, -0.05) is 18.2 Å². The summed E-state index contributed by atoms with van der Waals surface area (Å²) in [4.78, 5) is 31.3. The van der Waals surface area contributed by atoms with Crippen LogP contribution in [-0.2, 0) is 9.59 Å². The summed E-state index contributed by atoms with van der Waals surface area (Å²) in [6.07, 6.45) is 3.20. The molecule has 0 bridgehead atoms. The lowest BCUT2D eigenvalue weighted by molar-refractivity contribution is -0.120. The molecule has 1 aromatic carbocycles. The average molecular weight is 448 g/mol. The Balaban J connectivity index is 1.44. The zero-order valence-corrected chi connectivity index (χ0v) is 19.4. The molecule has 0 spiro atoms. The summed E-state index contributed by atoms with van der Waals surface area (Å²) in [7, 11) is 3.72. The van der Waals surface area contributed by atoms with E-state index in [0.717, 1.165) is 35.8 Å². The third-order valence-corrected chi connectivity index (χ3v) is 6.18. The number of anilines is 2. The van der Waals surface area contributed by atoms with Gasteiger partial charge in [0, 0.05) is 38.9 Å². The molecule has 1 saturated heterocycles. The lowest BCUT2D eigenvalue weighted by Crippen LogP contribution is -2.41. The number of benzene rings is 1. The zero-order chi connectivity index (χ0) is 23.5. The maximum absolute atomic E-state index is 13.0. The Hall–Kier alpha value is -3.88. The fourth-order valence-electron chi connectivity index (χ4n) is 4.02. The first kappa shape index (κ1) is 22.3. The number of hydrazine groups is 1. The summed E-state index contributed by atoms with van der Waals surface area (Å²) in [6, 6.07) is 13.6. The van der Waals surface area contributed by atoms with E-state index in [1.807, 2.05) is 73.0 Å². The molecular weight excluding hydrogens is 418 g/mol. The molecule has 1 atom stereocenters. The summed E-state index contributed by atoms with van der Waals surface area (Å²) < 4.78 is 1.82. The first-order valence-corrected chi connectivity index (χ1v) is 10.9. The third kappa shape index (κ3) is 4.52. The fraction of sp³-hybridized carbons (Fsp3) is 0.333. The first-order valence-electron chi connectivity index (χ1n) is 10.9. The van der Waals surface area contributed by atoms with Gasteiger partial charge >= 0.3 is 0 Å². The monoisotopic (exact) mass is 447 g/mol. The van der Waals surface area contributed by atoms with E-state index in [9.17, 15) is 9.59 Å². The highest BCUT2D eigenvalue weighted by molar-refractivity contribution is 6.11. The Bertz CT molecular complexity index is 1190. The quantitative estimate of drug-likeness (QED) is 0.195. The van der Waals surface area contributed by atoms with E-state index in [1.54, 1.807) is 18.1 Å². The van der Waals surface area contributed by atoms with Crippen molar-refractivity contribution < 1.29 is 9.59 Å². The van der Waals surface area contributed by atoms with Crippen LogP contribution in [0.15, 0.2) is 59.9 Å². The van der Waals surface area contributed by atoms with Crippen molar-refractivity contribution in [2.45, 2.75) is 26.3 Å². The lowest BCUT2D eigenvalue weighted by Gasteiger charge is -2.33. The van der Waals surface area contributed by atoms with Crippen LogP contribution in [0, 0.1) is 6.92 Å². The number of hydrogen-bond donors (Lipinski definition) is 1. The van der Waals surface area contributed by atoms with Gasteiger partial charge < -0.3 is 10.2 Å². The lowest BCUT2D eigenvalue weighted by atomic mass is 10.2. The van der Waals surface area contributed by atoms with Crippen LogP contribution in [0.4, 0.5) is 11.5 Å². The average Bonchev–Trinajstić information content (AvgIpc) is 3.45. The van der Waals surface area contributed by atoms with E-state index in [2.05, 4.69) is 20.3 Å². The summed E-state index contributed by atoms with van der Waals surface area (Å²) >= 11 is 0. The summed E-state index contributed by atoms with van der Waals surface area (Å²) in [5.74, 6) is 0.475. The highest BCUT2D eigenvalue weighted by Crippen LogP contribution is 2.21. The minimum absolute atomic E-state index is 0.0706. The number of nitrogens with zero attached hydrogens (tertiary/aromatic N) is 6. The van der Waals surface area contributed by atoms with Gasteiger partial charge in [-0.15, -0.1) is 5.10 Å². The number of aldehydes is 1. The van der Waals surface area contributed by atoms with Gasteiger partial charge in [0.1, 0.15) is 5.82 Å². The minimum Gasteiger partial charge on any atom is -0.353 e. The number of carbonyl (C=O) groups is 2. The predicted molar refractivity (Wildman–Crippen MR) is 128 cm³/mol. The van der Waals surface area contributed by atoms with Gasteiger partial charge in [0.25, 0.3) is 5.91 Å². The highest BCUT2D eigenvalue weighted by Gasteiger charge is 2.27. The molecular formula is C24H29N7O2. The molecule has 33 heavy (non-hydrogen) atoms. The Morgan fingerprint density at radius 3 is 2.67 bits per heavy atom. The van der Waals surface area contributed by atoms with E-state index in [1.165, 1.54) is 0 Å². The number of allylic oxidation sites excluding steroid dienone is 1. The Labute approximate surface area is 193 Å². The molecule has 0 unspecified atom stereocenters. The van der Waals surface area contributed by atoms with E-state index in [-0.39, 0.29) is 17.5 Å². The molecule has 3 aromatic rings. The van der Waals surface area contributed by atoms with Crippen molar-refractivity contribution in [3.63, 3.8) is 0 Å². The molecule has 0 aliphatic carbocycles. The highest BCUT2D eigenvalue weighted by atomic mass is 16.2. The van der Waals surface area contributed by atoms with Crippen molar-refractivity contribution in [3.05, 3.63) is 65.6 Å². The second-order valence-corrected chi connectivity index (χ2v) is 8.27. The van der Waals surface area contributed by atoms with Gasteiger partial charge in [-0.05, 0) is 44.5 Å². The van der Waals surface area contributed by atoms with E-state index >= 15 is 0 Å². The molecule has 172 valence electrons. The van der Waals surface area contributed by atoms with Crippen LogP contribution in [-0.4, -0.2) is 65.0 Å². The summed E-state index contributed by atoms with van der Waals surface area (Å²) in [5.41, 5.74) is 3.42. The Morgan fingerprint density at radius 1 is 1.18 bits per heavy atom. The summed E-state index contributed by atoms with van der Waals surface area (Å²) in [5, 5.41) is 11.4. The summed E-state index contributed by atoms with van der Waals surface area (Å²) in [6.45, 7) is 5.14. The molecule has 1 fully saturated rings. The van der Waals surface area contributed by atoms with Crippen LogP contribution in [0.3, 0.4) is 0 Å². The van der Waals surface area contributed by atoms with Crippen LogP contribution >= 0.6 is 0 Å². The molecule has 0 saturated carbocycles. The number of nitrogens with one attached hydrogen (secondary N) is 1. The van der Waals surface area contributed by atoms with Crippen molar-refractivity contribution in [3.8, 4) is 0 Å². The smallest absolute Gasteiger partial charge is 0.256 e. The van der Waals surface area contributed by atoms with Gasteiger partial charge in [0.15, 0.2) is 11.9 Å². The molecule has 1 aliphatic rings. The molecule has 1 amide bonds. The SMILES string of the molecule is C/C(=C(/C=O)C(=O)N[C@H]1CCN(c2ccc3ncc(C)n3n2)C1)N(C)N(C)c1ccccc1. The number of imidazole rings is 1. The first-order chi connectivity index (χ1) is 15.9. The molecule has 0 radical (unpaired) electrons. The molecule has 1 aliphatic heterocycles. The molecule has 1 N–H and O–H groups in total. The van der Waals surface area contributed by atoms with E-state index in [0.29, 0.717) is 18.5 Å². The van der Waals surface area contributed by atoms with E-state index < -0.39 is 0 Å². The minimum atomic E-state index is -0.364. The number of aromatic nitrogens is 3. The number of fused-ring (bicyclic) bond motifs is 1. The van der Waals surface area contributed by atoms with Crippen LogP contribution in [0.5, 0.6) is 0 Å². The number of aryl methyl sites for hydroxylation is 1. The zero-order valence-electron chi connectivity index (χ0n) is 19.4. The second-order valence-electron chi connectivity index (χ2n) is 8.27. The van der Waals surface area contributed by atoms with Crippen LogP contribution in [0.25, 0.3) is 5.65 Å². The van der Waals surface area contributed by atoms with Crippen molar-refractivity contribution in [2.24, 2.45) is 0 Å². The molecule has 9 heteroatoms. The Kier molecular flexibility index (Phi) is 6.30. The second kappa shape index (κ2) is 9.32. The van der Waals surface area contributed by atoms with Gasteiger partial charge in [0.05, 0.1) is 23.2 Å². The van der Waals surface area contributed by atoms with Crippen LogP contribution < -0.4 is 15.2 Å². The molecule has 9 nitrogen and oxygen atoms in total. The number of amides is 1. The maximum Gasteiger partial charge on any atom is 0.256 e. The number of carbonyl (C=O) groups excluding carboxylic acids is 2. The fourth-order valence-corrected chi connectivity index (χ4v) is 4.02. The number of para-hydroxylation sites is 1. The molecule has 4 rings (SSSR count). The van der Waals surface area contributed by atoms with Gasteiger partial charge in [-0.25, -0.2) is 9.50 Å². The topological polar surface area (TPSA) is 86.1 Å². The van der Waals surface area contributed by atoms with Crippen molar-refractivity contribution >= 4 is 29.3 Å². The largest absolute Gasteiger partial charge is 0.353 e. The van der Waals surface area contributed by atoms with Gasteiger partial charge in [-0.2, -0.15) is 0 Å². The van der Waals surface area contributed by atoms with Gasteiger partial charge in [0.2, 0.25) is 0 Å². The van der Waals surface area contributed by atoms with Gasteiger partial charge in [-0.3, -0.25) is 19.6 Å². The standard InChI is InChI=1S/C24H29N7O2/c1-17-14-25-22-10-11-23(27-31(17)22)30-13-12-19(15-30)26-24(33)21(16-32)18(2)28(3)29(4)20-8-6-5-7-9-20/h5-11,14,16,19H,12-13,15H2,1-4H3,(H,26,33)/b21-18+/t19-/m0/s1. The number of hydrogen-bond acceptors (Lipinski definition) is 7. The maximum atomic E-state index is 13.0. The van der Waals surface area contributed by atoms with Crippen molar-refractivity contribution in [1.29, 1.82) is 0 Å². The molecule has 2 aromatic heterocycles. The third-order valence-electron chi connectivity index (χ3n) is 6.18. The van der Waals surface area contributed by atoms with Crippen LogP contribution in [0.1, 0.15) is 19.0 Å². The van der Waals surface area contributed by atoms with Crippen molar-refractivity contribution in [2.75, 3.05) is 37.1 Å². The van der Waals surface area contributed by atoms with Crippen molar-refractivity contribution in [1.82, 2.24) is 24.9 Å².